The van der Waals surface area contributed by atoms with Gasteiger partial charge in [-0.25, -0.2) is 8.42 Å². The van der Waals surface area contributed by atoms with Gasteiger partial charge < -0.3 is 5.32 Å². The highest BCUT2D eigenvalue weighted by atomic mass is 35.5. The Hall–Kier alpha value is -1.60. The van der Waals surface area contributed by atoms with Crippen LogP contribution in [0.3, 0.4) is 0 Å². The van der Waals surface area contributed by atoms with Crippen molar-refractivity contribution in [1.82, 2.24) is 4.31 Å². The number of nitrogens with one attached hydrogen (secondary N) is 1. The highest BCUT2D eigenvalue weighted by molar-refractivity contribution is 7.89. The van der Waals surface area contributed by atoms with Crippen molar-refractivity contribution in [3.8, 4) is 0 Å². The summed E-state index contributed by atoms with van der Waals surface area (Å²) in [7, 11) is -2.21. The summed E-state index contributed by atoms with van der Waals surface area (Å²) in [6, 6.07) is 10.9. The zero-order chi connectivity index (χ0) is 17.9. The van der Waals surface area contributed by atoms with E-state index >= 15 is 0 Å². The first kappa shape index (κ1) is 18.7. The lowest BCUT2D eigenvalue weighted by atomic mass is 10.2. The summed E-state index contributed by atoms with van der Waals surface area (Å²) in [4.78, 5) is 11.1. The smallest absolute Gasteiger partial charge is 0.243 e. The first-order valence-electron chi connectivity index (χ1n) is 6.98. The molecule has 2 aromatic carbocycles. The number of anilines is 1. The molecule has 0 heterocycles. The number of benzene rings is 2. The van der Waals surface area contributed by atoms with Gasteiger partial charge in [-0.1, -0.05) is 29.3 Å². The largest absolute Gasteiger partial charge is 0.326 e. The summed E-state index contributed by atoms with van der Waals surface area (Å²) < 4.78 is 26.4. The van der Waals surface area contributed by atoms with Crippen molar-refractivity contribution < 1.29 is 13.2 Å². The number of hydrogen-bond donors (Lipinski definition) is 1. The van der Waals surface area contributed by atoms with Gasteiger partial charge in [-0.3, -0.25) is 4.79 Å². The van der Waals surface area contributed by atoms with E-state index in [4.69, 9.17) is 23.2 Å². The predicted octanol–water partition coefficient (Wildman–Crippen LogP) is 3.77. The van der Waals surface area contributed by atoms with Crippen molar-refractivity contribution in [2.45, 2.75) is 18.4 Å². The average Bonchev–Trinajstić information content (AvgIpc) is 2.50. The molecule has 5 nitrogen and oxygen atoms in total. The predicted molar refractivity (Wildman–Crippen MR) is 95.9 cm³/mol. The molecule has 1 amide bonds. The van der Waals surface area contributed by atoms with Gasteiger partial charge in [0.1, 0.15) is 0 Å². The third-order valence-corrected chi connectivity index (χ3v) is 5.70. The molecule has 0 saturated carbocycles. The summed E-state index contributed by atoms with van der Waals surface area (Å²) in [5.41, 5.74) is 1.19. The average molecular weight is 387 g/mol. The van der Waals surface area contributed by atoms with Gasteiger partial charge >= 0.3 is 0 Å². The molecule has 0 fully saturated rings. The number of rotatable bonds is 5. The van der Waals surface area contributed by atoms with E-state index in [1.54, 1.807) is 18.2 Å². The van der Waals surface area contributed by atoms with Crippen LogP contribution < -0.4 is 5.32 Å². The zero-order valence-electron chi connectivity index (χ0n) is 13.1. The van der Waals surface area contributed by atoms with Crippen molar-refractivity contribution in [3.63, 3.8) is 0 Å². The molecule has 2 aromatic rings. The van der Waals surface area contributed by atoms with E-state index in [1.807, 2.05) is 0 Å². The van der Waals surface area contributed by atoms with E-state index in [2.05, 4.69) is 5.32 Å². The minimum atomic E-state index is -3.68. The summed E-state index contributed by atoms with van der Waals surface area (Å²) >= 11 is 11.9. The van der Waals surface area contributed by atoms with Gasteiger partial charge in [0.25, 0.3) is 0 Å². The second-order valence-electron chi connectivity index (χ2n) is 5.20. The topological polar surface area (TPSA) is 66.5 Å². The van der Waals surface area contributed by atoms with Crippen molar-refractivity contribution in [2.24, 2.45) is 0 Å². The molecule has 0 unspecified atom stereocenters. The Morgan fingerprint density at radius 3 is 2.29 bits per heavy atom. The number of carbonyl (C=O) groups is 1. The minimum Gasteiger partial charge on any atom is -0.326 e. The molecule has 0 atom stereocenters. The van der Waals surface area contributed by atoms with Gasteiger partial charge in [0, 0.05) is 36.2 Å². The maximum absolute atomic E-state index is 12.6. The van der Waals surface area contributed by atoms with E-state index in [-0.39, 0.29) is 17.3 Å². The van der Waals surface area contributed by atoms with E-state index < -0.39 is 10.0 Å². The number of carbonyl (C=O) groups excluding carboxylic acids is 1. The standard InChI is InChI=1S/C16H16Cl2N2O3S/c1-11(21)19-14-5-7-15(8-6-14)24(22,23)20(2)10-12-3-4-13(17)9-16(12)18/h3-9H,10H2,1-2H3,(H,19,21). The highest BCUT2D eigenvalue weighted by Gasteiger charge is 2.21. The van der Waals surface area contributed by atoms with Crippen LogP contribution in [0.4, 0.5) is 5.69 Å². The fourth-order valence-electron chi connectivity index (χ4n) is 2.07. The molecule has 0 aliphatic rings. The van der Waals surface area contributed by atoms with Crippen molar-refractivity contribution in [2.75, 3.05) is 12.4 Å². The van der Waals surface area contributed by atoms with Crippen LogP contribution in [0.1, 0.15) is 12.5 Å². The van der Waals surface area contributed by atoms with Crippen LogP contribution in [-0.4, -0.2) is 25.7 Å². The molecule has 1 N–H and O–H groups in total. The Labute approximate surface area is 151 Å². The quantitative estimate of drug-likeness (QED) is 0.849. The Balaban J connectivity index is 2.20. The maximum Gasteiger partial charge on any atom is 0.243 e. The lowest BCUT2D eigenvalue weighted by Gasteiger charge is -2.18. The molecular weight excluding hydrogens is 371 g/mol. The molecule has 8 heteroatoms. The lowest BCUT2D eigenvalue weighted by molar-refractivity contribution is -0.114. The molecule has 0 radical (unpaired) electrons. The first-order chi connectivity index (χ1) is 11.2. The molecule has 0 spiro atoms. The van der Waals surface area contributed by atoms with Crippen molar-refractivity contribution in [3.05, 3.63) is 58.1 Å². The Morgan fingerprint density at radius 2 is 1.75 bits per heavy atom. The monoisotopic (exact) mass is 386 g/mol. The molecular formula is C16H16Cl2N2O3S. The fraction of sp³-hybridized carbons (Fsp3) is 0.188. The van der Waals surface area contributed by atoms with Gasteiger partial charge in [-0.05, 0) is 42.0 Å². The second kappa shape index (κ2) is 7.53. The molecule has 128 valence electrons. The SMILES string of the molecule is CC(=O)Nc1ccc(S(=O)(=O)N(C)Cc2ccc(Cl)cc2Cl)cc1. The van der Waals surface area contributed by atoms with Gasteiger partial charge in [0.2, 0.25) is 15.9 Å². The van der Waals surface area contributed by atoms with E-state index in [1.165, 1.54) is 42.5 Å². The fourth-order valence-corrected chi connectivity index (χ4v) is 3.69. The number of hydrogen-bond acceptors (Lipinski definition) is 3. The molecule has 2 rings (SSSR count). The van der Waals surface area contributed by atoms with Crippen LogP contribution in [0, 0.1) is 0 Å². The number of amides is 1. The van der Waals surface area contributed by atoms with Crippen molar-refractivity contribution >= 4 is 44.8 Å². The molecule has 24 heavy (non-hydrogen) atoms. The molecule has 0 aliphatic carbocycles. The van der Waals surface area contributed by atoms with E-state index in [9.17, 15) is 13.2 Å². The van der Waals surface area contributed by atoms with Crippen LogP contribution >= 0.6 is 23.2 Å². The number of halogens is 2. The van der Waals surface area contributed by atoms with Crippen LogP contribution in [0.5, 0.6) is 0 Å². The second-order valence-corrected chi connectivity index (χ2v) is 8.09. The third-order valence-electron chi connectivity index (χ3n) is 3.29. The molecule has 0 aromatic heterocycles. The van der Waals surface area contributed by atoms with Gasteiger partial charge in [0.05, 0.1) is 4.90 Å². The lowest BCUT2D eigenvalue weighted by Crippen LogP contribution is -2.26. The molecule has 0 aliphatic heterocycles. The molecule has 0 bridgehead atoms. The van der Waals surface area contributed by atoms with Crippen LogP contribution in [-0.2, 0) is 21.4 Å². The van der Waals surface area contributed by atoms with E-state index in [0.29, 0.717) is 21.3 Å². The zero-order valence-corrected chi connectivity index (χ0v) is 15.4. The summed E-state index contributed by atoms with van der Waals surface area (Å²) in [6.07, 6.45) is 0. The van der Waals surface area contributed by atoms with Gasteiger partial charge in [-0.2, -0.15) is 4.31 Å². The number of nitrogens with zero attached hydrogens (tertiary/aromatic N) is 1. The Bertz CT molecular complexity index is 852. The summed E-state index contributed by atoms with van der Waals surface area (Å²) in [6.45, 7) is 1.50. The summed E-state index contributed by atoms with van der Waals surface area (Å²) in [5.74, 6) is -0.222. The third kappa shape index (κ3) is 4.48. The molecule has 0 saturated heterocycles. The van der Waals surface area contributed by atoms with Crippen molar-refractivity contribution in [1.29, 1.82) is 0 Å². The van der Waals surface area contributed by atoms with E-state index in [0.717, 1.165) is 0 Å². The van der Waals surface area contributed by atoms with Crippen LogP contribution in [0.2, 0.25) is 10.0 Å². The Morgan fingerprint density at radius 1 is 1.12 bits per heavy atom. The summed E-state index contributed by atoms with van der Waals surface area (Å²) in [5, 5.41) is 3.48. The Kier molecular flexibility index (Phi) is 5.87. The normalized spacial score (nSPS) is 11.5. The van der Waals surface area contributed by atoms with Crippen LogP contribution in [0.25, 0.3) is 0 Å². The number of sulfonamides is 1. The van der Waals surface area contributed by atoms with Crippen LogP contribution in [0.15, 0.2) is 47.4 Å². The minimum absolute atomic E-state index is 0.117. The highest BCUT2D eigenvalue weighted by Crippen LogP contribution is 2.24. The van der Waals surface area contributed by atoms with Gasteiger partial charge in [0.15, 0.2) is 0 Å². The maximum atomic E-state index is 12.6. The first-order valence-corrected chi connectivity index (χ1v) is 9.17. The van der Waals surface area contributed by atoms with Gasteiger partial charge in [-0.15, -0.1) is 0 Å².